The fraction of sp³-hybridized carbons (Fsp3) is 0.500. The molecule has 0 radical (unpaired) electrons. The van der Waals surface area contributed by atoms with Gasteiger partial charge in [-0.25, -0.2) is 4.98 Å². The molecule has 1 aromatic carbocycles. The van der Waals surface area contributed by atoms with Crippen LogP contribution in [0.3, 0.4) is 0 Å². The fourth-order valence-corrected chi connectivity index (χ4v) is 4.48. The van der Waals surface area contributed by atoms with Crippen LogP contribution in [0.2, 0.25) is 0 Å². The van der Waals surface area contributed by atoms with Crippen LogP contribution in [-0.4, -0.2) is 22.1 Å². The molecule has 0 saturated heterocycles. The maximum Gasteiger partial charge on any atom is 0.220 e. The molecule has 1 N–H and O–H groups in total. The number of hydrogen-bond donors (Lipinski definition) is 1. The Hall–Kier alpha value is -1.79. The molecule has 6 heteroatoms. The molecule has 0 aliphatic heterocycles. The van der Waals surface area contributed by atoms with E-state index in [9.17, 15) is 0 Å². The number of aromatic nitrogens is 1. The van der Waals surface area contributed by atoms with E-state index in [1.807, 2.05) is 19.9 Å². The number of nitrogens with zero attached hydrogens (tertiary/aromatic N) is 1. The molecular weight excluding hydrogens is 412 g/mol. The molecule has 0 atom stereocenters. The number of thioether (sulfide) groups is 1. The molecular formula is C24H34N2O2S2. The van der Waals surface area contributed by atoms with Gasteiger partial charge in [0.1, 0.15) is 11.6 Å². The van der Waals surface area contributed by atoms with Crippen molar-refractivity contribution in [3.05, 3.63) is 46.1 Å². The van der Waals surface area contributed by atoms with Crippen LogP contribution in [0.25, 0.3) is 0 Å². The summed E-state index contributed by atoms with van der Waals surface area (Å²) in [5, 5.41) is 3.59. The molecule has 0 bridgehead atoms. The van der Waals surface area contributed by atoms with Crippen LogP contribution < -0.4 is 10.1 Å². The van der Waals surface area contributed by atoms with E-state index in [0.29, 0.717) is 16.7 Å². The Bertz CT molecular complexity index is 857. The summed E-state index contributed by atoms with van der Waals surface area (Å²) >= 11 is 6.84. The second-order valence-corrected chi connectivity index (χ2v) is 9.09. The van der Waals surface area contributed by atoms with Gasteiger partial charge in [0.2, 0.25) is 4.38 Å². The van der Waals surface area contributed by atoms with E-state index in [-0.39, 0.29) is 6.10 Å². The van der Waals surface area contributed by atoms with Crippen molar-refractivity contribution in [2.45, 2.75) is 73.2 Å². The van der Waals surface area contributed by atoms with Gasteiger partial charge in [0.15, 0.2) is 0 Å². The van der Waals surface area contributed by atoms with Crippen molar-refractivity contribution in [1.82, 2.24) is 4.98 Å². The molecule has 0 aliphatic rings. The Morgan fingerprint density at radius 2 is 1.70 bits per heavy atom. The quantitative estimate of drug-likeness (QED) is 0.412. The predicted molar refractivity (Wildman–Crippen MR) is 133 cm³/mol. The van der Waals surface area contributed by atoms with E-state index in [2.05, 4.69) is 52.1 Å². The van der Waals surface area contributed by atoms with Crippen molar-refractivity contribution < 1.29 is 9.47 Å². The monoisotopic (exact) mass is 446 g/mol. The molecule has 0 fully saturated rings. The second kappa shape index (κ2) is 11.6. The molecule has 164 valence electrons. The first kappa shape index (κ1) is 24.5. The van der Waals surface area contributed by atoms with Crippen molar-refractivity contribution in [3.63, 3.8) is 0 Å². The van der Waals surface area contributed by atoms with Crippen molar-refractivity contribution in [2.24, 2.45) is 0 Å². The highest BCUT2D eigenvalue weighted by Gasteiger charge is 2.18. The highest BCUT2D eigenvalue weighted by molar-refractivity contribution is 8.22. The highest BCUT2D eigenvalue weighted by Crippen LogP contribution is 2.35. The summed E-state index contributed by atoms with van der Waals surface area (Å²) in [7, 11) is 0. The first-order valence-corrected chi connectivity index (χ1v) is 12.0. The number of benzene rings is 1. The third-order valence-corrected chi connectivity index (χ3v) is 6.19. The molecule has 0 amide bonds. The van der Waals surface area contributed by atoms with E-state index in [1.165, 1.54) is 28.5 Å². The lowest BCUT2D eigenvalue weighted by Crippen LogP contribution is -2.16. The number of thiocarbonyl (C=S) groups is 1. The molecule has 4 nitrogen and oxygen atoms in total. The number of anilines is 2. The number of nitrogens with one attached hydrogen (secondary N) is 1. The van der Waals surface area contributed by atoms with Crippen LogP contribution in [-0.2, 0) is 10.5 Å². The molecule has 2 aromatic rings. The summed E-state index contributed by atoms with van der Waals surface area (Å²) in [5.41, 5.74) is 6.67. The normalized spacial score (nSPS) is 10.9. The van der Waals surface area contributed by atoms with Crippen LogP contribution in [0.5, 0.6) is 5.75 Å². The SMILES string of the molecule is CCOC(=S)SCc1c(OC(CC)CC)cc(C)nc1Nc1c(C)cc(C)cc1C. The standard InChI is InChI=1S/C24H34N2O2S2/c1-8-19(9-2)28-21-13-18(7)25-23(20(21)14-30-24(29)27-10-3)26-22-16(5)11-15(4)12-17(22)6/h11-13,19H,8-10,14H2,1-7H3,(H,25,26). The molecule has 0 unspecified atom stereocenters. The maximum absolute atomic E-state index is 6.40. The van der Waals surface area contributed by atoms with Crippen molar-refractivity contribution in [2.75, 3.05) is 11.9 Å². The third kappa shape index (κ3) is 6.61. The van der Waals surface area contributed by atoms with E-state index in [0.717, 1.165) is 41.4 Å². The summed E-state index contributed by atoms with van der Waals surface area (Å²) in [6.07, 6.45) is 2.09. The molecule has 2 rings (SSSR count). The lowest BCUT2D eigenvalue weighted by atomic mass is 10.0. The Morgan fingerprint density at radius 3 is 2.27 bits per heavy atom. The van der Waals surface area contributed by atoms with Crippen molar-refractivity contribution in [1.29, 1.82) is 0 Å². The zero-order chi connectivity index (χ0) is 22.3. The van der Waals surface area contributed by atoms with Gasteiger partial charge in [0.05, 0.1) is 12.7 Å². The topological polar surface area (TPSA) is 43.4 Å². The average molecular weight is 447 g/mol. The van der Waals surface area contributed by atoms with Gasteiger partial charge in [0, 0.05) is 28.8 Å². The van der Waals surface area contributed by atoms with Gasteiger partial charge in [-0.05, 0) is 70.8 Å². The molecule has 1 heterocycles. The van der Waals surface area contributed by atoms with E-state index in [1.54, 1.807) is 0 Å². The van der Waals surface area contributed by atoms with E-state index < -0.39 is 0 Å². The molecule has 0 saturated carbocycles. The van der Waals surface area contributed by atoms with Gasteiger partial charge in [-0.15, -0.1) is 0 Å². The Morgan fingerprint density at radius 1 is 1.07 bits per heavy atom. The second-order valence-electron chi connectivity index (χ2n) is 7.52. The first-order chi connectivity index (χ1) is 14.3. The van der Waals surface area contributed by atoms with Gasteiger partial charge in [-0.1, -0.05) is 43.3 Å². The highest BCUT2D eigenvalue weighted by atomic mass is 32.2. The number of aryl methyl sites for hydroxylation is 4. The van der Waals surface area contributed by atoms with Crippen LogP contribution in [0.1, 0.15) is 61.6 Å². The third-order valence-electron chi connectivity index (χ3n) is 4.93. The lowest BCUT2D eigenvalue weighted by Gasteiger charge is -2.22. The van der Waals surface area contributed by atoms with Crippen LogP contribution >= 0.6 is 24.0 Å². The molecule has 30 heavy (non-hydrogen) atoms. The summed E-state index contributed by atoms with van der Waals surface area (Å²) in [6.45, 7) is 15.2. The van der Waals surface area contributed by atoms with Crippen molar-refractivity contribution >= 4 is 39.9 Å². The van der Waals surface area contributed by atoms with Crippen LogP contribution in [0, 0.1) is 27.7 Å². The Balaban J connectivity index is 2.48. The van der Waals surface area contributed by atoms with Gasteiger partial charge in [0.25, 0.3) is 0 Å². The van der Waals surface area contributed by atoms with Gasteiger partial charge in [-0.3, -0.25) is 0 Å². The summed E-state index contributed by atoms with van der Waals surface area (Å²) in [5.74, 6) is 2.32. The minimum Gasteiger partial charge on any atom is -0.490 e. The number of rotatable bonds is 9. The zero-order valence-electron chi connectivity index (χ0n) is 19.2. The molecule has 1 aromatic heterocycles. The van der Waals surface area contributed by atoms with Gasteiger partial charge < -0.3 is 14.8 Å². The average Bonchev–Trinajstić information content (AvgIpc) is 2.68. The van der Waals surface area contributed by atoms with E-state index >= 15 is 0 Å². The number of ether oxygens (including phenoxy) is 2. The largest absolute Gasteiger partial charge is 0.490 e. The summed E-state index contributed by atoms with van der Waals surface area (Å²) in [4.78, 5) is 4.83. The van der Waals surface area contributed by atoms with Crippen LogP contribution in [0.4, 0.5) is 11.5 Å². The van der Waals surface area contributed by atoms with Gasteiger partial charge >= 0.3 is 0 Å². The fourth-order valence-electron chi connectivity index (χ4n) is 3.44. The smallest absolute Gasteiger partial charge is 0.220 e. The number of hydrogen-bond acceptors (Lipinski definition) is 6. The summed E-state index contributed by atoms with van der Waals surface area (Å²) < 4.78 is 12.4. The maximum atomic E-state index is 6.40. The lowest BCUT2D eigenvalue weighted by molar-refractivity contribution is 0.191. The van der Waals surface area contributed by atoms with Crippen LogP contribution in [0.15, 0.2) is 18.2 Å². The zero-order valence-corrected chi connectivity index (χ0v) is 20.9. The predicted octanol–water partition coefficient (Wildman–Crippen LogP) is 7.18. The minimum atomic E-state index is 0.171. The Labute approximate surface area is 191 Å². The van der Waals surface area contributed by atoms with E-state index in [4.69, 9.17) is 26.7 Å². The first-order valence-electron chi connectivity index (χ1n) is 10.6. The Kier molecular flexibility index (Phi) is 9.43. The van der Waals surface area contributed by atoms with Gasteiger partial charge in [-0.2, -0.15) is 0 Å². The molecule has 0 spiro atoms. The molecule has 0 aliphatic carbocycles. The summed E-state index contributed by atoms with van der Waals surface area (Å²) in [6, 6.07) is 6.40. The number of pyridine rings is 1. The van der Waals surface area contributed by atoms with Crippen molar-refractivity contribution in [3.8, 4) is 5.75 Å². The minimum absolute atomic E-state index is 0.171.